The first-order chi connectivity index (χ1) is 5.86. The number of hydrogen-bond donors (Lipinski definition) is 1. The molecule has 0 bridgehead atoms. The Labute approximate surface area is 68.7 Å². The lowest BCUT2D eigenvalue weighted by Crippen LogP contribution is -3.00. The highest BCUT2D eigenvalue weighted by molar-refractivity contribution is 5.69. The normalized spacial score (nSPS) is 21.1. The molecule has 0 saturated carbocycles. The molecule has 1 unspecified atom stereocenters. The van der Waals surface area contributed by atoms with Crippen molar-refractivity contribution in [2.75, 3.05) is 0 Å². The third-order valence-electron chi connectivity index (χ3n) is 1.40. The number of quaternary nitrogens is 1. The minimum atomic E-state index is -0.113. The zero-order valence-electron chi connectivity index (χ0n) is 6.14. The molecule has 2 rings (SSSR count). The third-order valence-corrected chi connectivity index (χ3v) is 1.40. The van der Waals surface area contributed by atoms with E-state index >= 15 is 0 Å². The van der Waals surface area contributed by atoms with Gasteiger partial charge in [0.15, 0.2) is 17.9 Å². The molecule has 0 saturated heterocycles. The topological polar surface area (TPSA) is 65.6 Å². The molecule has 5 heteroatoms. The van der Waals surface area contributed by atoms with Gasteiger partial charge in [0.1, 0.15) is 6.20 Å². The van der Waals surface area contributed by atoms with E-state index in [2.05, 4.69) is 15.0 Å². The number of hydroxylamine groups is 2. The maximum absolute atomic E-state index is 10.7. The Balaban J connectivity index is 2.34. The number of nitrogens with zero attached hydrogens (tertiary/aromatic N) is 3. The van der Waals surface area contributed by atoms with Gasteiger partial charge < -0.3 is 10.3 Å². The van der Waals surface area contributed by atoms with E-state index in [9.17, 15) is 5.21 Å². The molecule has 1 aliphatic rings. The van der Waals surface area contributed by atoms with Crippen LogP contribution in [0.5, 0.6) is 0 Å². The first-order valence-electron chi connectivity index (χ1n) is 3.43. The molecule has 1 N–H and O–H groups in total. The van der Waals surface area contributed by atoms with Crippen LogP contribution in [0, 0.1) is 5.21 Å². The summed E-state index contributed by atoms with van der Waals surface area (Å²) in [4.78, 5) is 11.7. The zero-order valence-corrected chi connectivity index (χ0v) is 6.14. The summed E-state index contributed by atoms with van der Waals surface area (Å²) < 4.78 is 0. The number of aromatic nitrogens is 2. The highest BCUT2D eigenvalue weighted by atomic mass is 16.5. The molecule has 0 aliphatic carbocycles. The molecular formula is C7H6N4O. The average Bonchev–Trinajstić information content (AvgIpc) is 2.54. The number of aliphatic imine (C=N–C) groups is 1. The lowest BCUT2D eigenvalue weighted by Gasteiger charge is -2.02. The van der Waals surface area contributed by atoms with E-state index < -0.39 is 0 Å². The van der Waals surface area contributed by atoms with Crippen molar-refractivity contribution in [3.8, 4) is 0 Å². The second kappa shape index (κ2) is 2.80. The van der Waals surface area contributed by atoms with Gasteiger partial charge in [-0.25, -0.2) is 9.97 Å². The van der Waals surface area contributed by atoms with Crippen molar-refractivity contribution in [3.63, 3.8) is 0 Å². The summed E-state index contributed by atoms with van der Waals surface area (Å²) in [6, 6.07) is 1.71. The van der Waals surface area contributed by atoms with E-state index in [1.165, 1.54) is 12.5 Å². The van der Waals surface area contributed by atoms with Crippen molar-refractivity contribution in [3.05, 3.63) is 35.7 Å². The maximum Gasteiger partial charge on any atom is 0.193 e. The van der Waals surface area contributed by atoms with Gasteiger partial charge in [-0.3, -0.25) is 0 Å². The molecule has 0 aromatic carbocycles. The monoisotopic (exact) mass is 162 g/mol. The van der Waals surface area contributed by atoms with Crippen LogP contribution in [0.2, 0.25) is 0 Å². The molecule has 1 aromatic heterocycles. The summed E-state index contributed by atoms with van der Waals surface area (Å²) >= 11 is 0. The largest absolute Gasteiger partial charge is 0.623 e. The van der Waals surface area contributed by atoms with Crippen LogP contribution < -0.4 is 5.06 Å². The summed E-state index contributed by atoms with van der Waals surface area (Å²) in [5.74, 6) is 0.486. The minimum Gasteiger partial charge on any atom is -0.623 e. The highest BCUT2D eigenvalue weighted by Gasteiger charge is 2.09. The highest BCUT2D eigenvalue weighted by Crippen LogP contribution is 2.07. The van der Waals surface area contributed by atoms with Crippen molar-refractivity contribution in [2.24, 2.45) is 4.99 Å². The first kappa shape index (κ1) is 7.08. The summed E-state index contributed by atoms with van der Waals surface area (Å²) in [7, 11) is 0. The molecular weight excluding hydrogens is 156 g/mol. The SMILES string of the molecule is [O-][NH+]1C=NC(c2ncccn2)=C1. The molecule has 2 heterocycles. The van der Waals surface area contributed by atoms with Crippen molar-refractivity contribution < 1.29 is 5.06 Å². The Morgan fingerprint density at radius 2 is 2.00 bits per heavy atom. The van der Waals surface area contributed by atoms with E-state index in [1.807, 2.05) is 0 Å². The standard InChI is InChI=1S/C7H6N4O/c12-11-4-6(10-5-11)7-8-2-1-3-9-7/h1-5,11H. The minimum absolute atomic E-state index is 0.113. The molecule has 5 nitrogen and oxygen atoms in total. The molecule has 12 heavy (non-hydrogen) atoms. The maximum atomic E-state index is 10.7. The van der Waals surface area contributed by atoms with Crippen LogP contribution in [-0.4, -0.2) is 16.3 Å². The Kier molecular flexibility index (Phi) is 1.65. The second-order valence-corrected chi connectivity index (χ2v) is 2.26. The van der Waals surface area contributed by atoms with Gasteiger partial charge in [0.05, 0.1) is 0 Å². The fourth-order valence-corrected chi connectivity index (χ4v) is 0.896. The Bertz CT molecular complexity index is 333. The summed E-state index contributed by atoms with van der Waals surface area (Å²) in [5.41, 5.74) is 0.528. The molecule has 0 spiro atoms. The van der Waals surface area contributed by atoms with E-state index in [-0.39, 0.29) is 5.06 Å². The van der Waals surface area contributed by atoms with E-state index in [0.717, 1.165) is 0 Å². The Hall–Kier alpha value is -1.59. The summed E-state index contributed by atoms with van der Waals surface area (Å²) in [6.07, 6.45) is 5.89. The number of hydrogen-bond acceptors (Lipinski definition) is 4. The van der Waals surface area contributed by atoms with Gasteiger partial charge in [-0.1, -0.05) is 0 Å². The summed E-state index contributed by atoms with van der Waals surface area (Å²) in [6.45, 7) is 0. The van der Waals surface area contributed by atoms with Crippen LogP contribution in [0.15, 0.2) is 29.7 Å². The van der Waals surface area contributed by atoms with E-state index in [4.69, 9.17) is 0 Å². The van der Waals surface area contributed by atoms with Crippen LogP contribution in [0.4, 0.5) is 0 Å². The fourth-order valence-electron chi connectivity index (χ4n) is 0.896. The fraction of sp³-hybridized carbons (Fsp3) is 0. The van der Waals surface area contributed by atoms with Crippen LogP contribution in [0.3, 0.4) is 0 Å². The van der Waals surface area contributed by atoms with Gasteiger partial charge in [-0.05, 0) is 6.07 Å². The van der Waals surface area contributed by atoms with Crippen LogP contribution in [0.25, 0.3) is 5.70 Å². The lowest BCUT2D eigenvalue weighted by molar-refractivity contribution is -0.671. The van der Waals surface area contributed by atoms with Crippen molar-refractivity contribution in [2.45, 2.75) is 0 Å². The smallest absolute Gasteiger partial charge is 0.193 e. The van der Waals surface area contributed by atoms with Gasteiger partial charge in [-0.2, -0.15) is 4.99 Å². The number of nitrogens with one attached hydrogen (secondary N) is 1. The van der Waals surface area contributed by atoms with Crippen LogP contribution >= 0.6 is 0 Å². The number of rotatable bonds is 1. The lowest BCUT2D eigenvalue weighted by atomic mass is 10.4. The molecule has 0 fully saturated rings. The van der Waals surface area contributed by atoms with Crippen LogP contribution in [0.1, 0.15) is 5.82 Å². The van der Waals surface area contributed by atoms with Crippen molar-refractivity contribution in [1.29, 1.82) is 0 Å². The molecule has 60 valence electrons. The van der Waals surface area contributed by atoms with Crippen LogP contribution in [-0.2, 0) is 0 Å². The van der Waals surface area contributed by atoms with Gasteiger partial charge in [0.25, 0.3) is 0 Å². The van der Waals surface area contributed by atoms with Gasteiger partial charge in [0, 0.05) is 12.4 Å². The van der Waals surface area contributed by atoms with Gasteiger partial charge >= 0.3 is 0 Å². The first-order valence-corrected chi connectivity index (χ1v) is 3.43. The molecule has 1 aromatic rings. The predicted molar refractivity (Wildman–Crippen MR) is 42.8 cm³/mol. The predicted octanol–water partition coefficient (Wildman–Crippen LogP) is -0.800. The van der Waals surface area contributed by atoms with Gasteiger partial charge in [-0.15, -0.1) is 0 Å². The van der Waals surface area contributed by atoms with Crippen molar-refractivity contribution >= 4 is 12.0 Å². The Morgan fingerprint density at radius 3 is 2.58 bits per heavy atom. The Morgan fingerprint density at radius 1 is 1.25 bits per heavy atom. The second-order valence-electron chi connectivity index (χ2n) is 2.26. The van der Waals surface area contributed by atoms with E-state index in [1.54, 1.807) is 18.5 Å². The third kappa shape index (κ3) is 1.23. The molecule has 1 atom stereocenters. The zero-order chi connectivity index (χ0) is 8.39. The molecule has 1 aliphatic heterocycles. The van der Waals surface area contributed by atoms with Gasteiger partial charge in [0.2, 0.25) is 0 Å². The van der Waals surface area contributed by atoms with E-state index in [0.29, 0.717) is 11.5 Å². The molecule has 0 amide bonds. The average molecular weight is 162 g/mol. The molecule has 0 radical (unpaired) electrons. The van der Waals surface area contributed by atoms with Crippen molar-refractivity contribution in [1.82, 2.24) is 9.97 Å². The summed E-state index contributed by atoms with van der Waals surface area (Å²) in [5, 5.41) is 10.6. The quantitative estimate of drug-likeness (QED) is 0.550.